The Hall–Kier alpha value is -2.79. The fourth-order valence-corrected chi connectivity index (χ4v) is 5.29. The van der Waals surface area contributed by atoms with Crippen LogP contribution in [0.5, 0.6) is 11.5 Å². The maximum atomic E-state index is 13.7. The SMILES string of the molecule is CCC(C)NC(=O)C(C)N(Cc1cccc(Br)c1)C(=O)CN(c1ccc2c(c1)OCCO2)S(=O)(=O)CC. The van der Waals surface area contributed by atoms with Gasteiger partial charge in [-0.25, -0.2) is 8.42 Å². The van der Waals surface area contributed by atoms with Crippen LogP contribution in [-0.4, -0.2) is 62.7 Å². The smallest absolute Gasteiger partial charge is 0.244 e. The first-order valence-electron chi connectivity index (χ1n) is 12.3. The Morgan fingerprint density at radius 1 is 1.05 bits per heavy atom. The van der Waals surface area contributed by atoms with E-state index >= 15 is 0 Å². The molecule has 1 aliphatic heterocycles. The van der Waals surface area contributed by atoms with Crippen molar-refractivity contribution in [1.82, 2.24) is 10.2 Å². The maximum absolute atomic E-state index is 13.7. The van der Waals surface area contributed by atoms with Crippen molar-refractivity contribution in [2.75, 3.05) is 29.8 Å². The second-order valence-electron chi connectivity index (χ2n) is 8.88. The molecule has 0 radical (unpaired) electrons. The molecule has 2 aromatic rings. The van der Waals surface area contributed by atoms with E-state index in [9.17, 15) is 18.0 Å². The molecule has 2 aromatic carbocycles. The molecule has 0 aromatic heterocycles. The Labute approximate surface area is 227 Å². The molecule has 2 atom stereocenters. The van der Waals surface area contributed by atoms with Crippen molar-refractivity contribution < 1.29 is 27.5 Å². The Kier molecular flexibility index (Phi) is 9.83. The Bertz CT molecular complexity index is 1220. The average Bonchev–Trinajstić information content (AvgIpc) is 2.89. The molecule has 11 heteroatoms. The zero-order valence-electron chi connectivity index (χ0n) is 21.6. The molecule has 0 saturated carbocycles. The average molecular weight is 597 g/mol. The minimum absolute atomic E-state index is 0.0625. The number of rotatable bonds is 11. The van der Waals surface area contributed by atoms with Crippen molar-refractivity contribution in [3.05, 3.63) is 52.5 Å². The van der Waals surface area contributed by atoms with E-state index in [0.717, 1.165) is 20.8 Å². The number of carbonyl (C=O) groups excluding carboxylic acids is 2. The molecule has 0 saturated heterocycles. The van der Waals surface area contributed by atoms with Crippen LogP contribution < -0.4 is 19.1 Å². The van der Waals surface area contributed by atoms with E-state index in [1.807, 2.05) is 38.1 Å². The topological polar surface area (TPSA) is 105 Å². The van der Waals surface area contributed by atoms with Crippen LogP contribution in [0.4, 0.5) is 5.69 Å². The van der Waals surface area contributed by atoms with E-state index in [0.29, 0.717) is 30.4 Å². The molecule has 202 valence electrons. The molecule has 0 spiro atoms. The molecular formula is C26H34BrN3O6S. The van der Waals surface area contributed by atoms with Crippen LogP contribution in [0.1, 0.15) is 39.7 Å². The number of nitrogens with one attached hydrogen (secondary N) is 1. The summed E-state index contributed by atoms with van der Waals surface area (Å²) >= 11 is 3.44. The van der Waals surface area contributed by atoms with Gasteiger partial charge in [0.15, 0.2) is 11.5 Å². The summed E-state index contributed by atoms with van der Waals surface area (Å²) in [5, 5.41) is 2.92. The number of anilines is 1. The molecule has 0 fully saturated rings. The number of hydrogen-bond acceptors (Lipinski definition) is 6. The lowest BCUT2D eigenvalue weighted by molar-refractivity contribution is -0.139. The van der Waals surface area contributed by atoms with Crippen molar-refractivity contribution in [2.24, 2.45) is 0 Å². The molecule has 1 N–H and O–H groups in total. The van der Waals surface area contributed by atoms with Crippen molar-refractivity contribution >= 4 is 43.5 Å². The van der Waals surface area contributed by atoms with Gasteiger partial charge in [0.2, 0.25) is 21.8 Å². The number of fused-ring (bicyclic) bond motifs is 1. The van der Waals surface area contributed by atoms with Crippen molar-refractivity contribution in [3.8, 4) is 11.5 Å². The molecule has 37 heavy (non-hydrogen) atoms. The van der Waals surface area contributed by atoms with Gasteiger partial charge in [0.25, 0.3) is 0 Å². The summed E-state index contributed by atoms with van der Waals surface area (Å²) in [4.78, 5) is 28.2. The van der Waals surface area contributed by atoms with Gasteiger partial charge in [-0.3, -0.25) is 13.9 Å². The van der Waals surface area contributed by atoms with Gasteiger partial charge in [-0.2, -0.15) is 0 Å². The lowest BCUT2D eigenvalue weighted by atomic mass is 10.1. The van der Waals surface area contributed by atoms with Gasteiger partial charge in [0, 0.05) is 23.1 Å². The first-order chi connectivity index (χ1) is 17.6. The van der Waals surface area contributed by atoms with Crippen LogP contribution >= 0.6 is 15.9 Å². The summed E-state index contributed by atoms with van der Waals surface area (Å²) in [5.74, 6) is -0.0769. The van der Waals surface area contributed by atoms with E-state index in [4.69, 9.17) is 9.47 Å². The van der Waals surface area contributed by atoms with Gasteiger partial charge >= 0.3 is 0 Å². The molecule has 3 rings (SSSR count). The minimum Gasteiger partial charge on any atom is -0.486 e. The zero-order valence-corrected chi connectivity index (χ0v) is 24.0. The largest absolute Gasteiger partial charge is 0.486 e. The molecule has 1 heterocycles. The summed E-state index contributed by atoms with van der Waals surface area (Å²) in [6.45, 7) is 7.44. The number of hydrogen-bond donors (Lipinski definition) is 1. The van der Waals surface area contributed by atoms with E-state index in [1.165, 1.54) is 11.8 Å². The number of sulfonamides is 1. The van der Waals surface area contributed by atoms with E-state index in [1.54, 1.807) is 25.1 Å². The van der Waals surface area contributed by atoms with Crippen LogP contribution in [0.15, 0.2) is 46.9 Å². The van der Waals surface area contributed by atoms with E-state index in [2.05, 4.69) is 21.2 Å². The molecule has 1 aliphatic rings. The zero-order chi connectivity index (χ0) is 27.2. The number of amides is 2. The lowest BCUT2D eigenvalue weighted by Crippen LogP contribution is -2.52. The standard InChI is InChI=1S/C26H34BrN3O6S/c1-5-18(3)28-26(32)19(4)29(16-20-8-7-9-21(27)14-20)25(31)17-30(37(33,34)6-2)22-10-11-23-24(15-22)36-13-12-35-23/h7-11,14-15,18-19H,5-6,12-13,16-17H2,1-4H3,(H,28,32). The van der Waals surface area contributed by atoms with Gasteiger partial charge < -0.3 is 19.7 Å². The highest BCUT2D eigenvalue weighted by Gasteiger charge is 2.32. The van der Waals surface area contributed by atoms with Crippen molar-refractivity contribution in [1.29, 1.82) is 0 Å². The predicted molar refractivity (Wildman–Crippen MR) is 146 cm³/mol. The second kappa shape index (κ2) is 12.6. The first kappa shape index (κ1) is 28.8. The Morgan fingerprint density at radius 2 is 1.76 bits per heavy atom. The highest BCUT2D eigenvalue weighted by atomic mass is 79.9. The van der Waals surface area contributed by atoms with Gasteiger partial charge in [0.05, 0.1) is 11.4 Å². The van der Waals surface area contributed by atoms with Gasteiger partial charge in [0.1, 0.15) is 25.8 Å². The normalized spacial score (nSPS) is 14.4. The first-order valence-corrected chi connectivity index (χ1v) is 14.7. The fraction of sp³-hybridized carbons (Fsp3) is 0.462. The van der Waals surface area contributed by atoms with Gasteiger partial charge in [-0.15, -0.1) is 0 Å². The van der Waals surface area contributed by atoms with Crippen LogP contribution in [0, 0.1) is 0 Å². The van der Waals surface area contributed by atoms with Gasteiger partial charge in [-0.05, 0) is 57.0 Å². The van der Waals surface area contributed by atoms with Crippen molar-refractivity contribution in [2.45, 2.75) is 52.7 Å². The number of carbonyl (C=O) groups is 2. The quantitative estimate of drug-likeness (QED) is 0.424. The summed E-state index contributed by atoms with van der Waals surface area (Å²) in [7, 11) is -3.84. The van der Waals surface area contributed by atoms with Crippen LogP contribution in [0.3, 0.4) is 0 Å². The van der Waals surface area contributed by atoms with Crippen LogP contribution in [-0.2, 0) is 26.2 Å². The number of ether oxygens (including phenoxy) is 2. The Morgan fingerprint density at radius 3 is 2.41 bits per heavy atom. The van der Waals surface area contributed by atoms with E-state index in [-0.39, 0.29) is 24.2 Å². The minimum atomic E-state index is -3.84. The summed E-state index contributed by atoms with van der Waals surface area (Å²) in [6, 6.07) is 11.3. The molecule has 0 aliphatic carbocycles. The molecule has 2 amide bonds. The predicted octanol–water partition coefficient (Wildman–Crippen LogP) is 3.71. The summed E-state index contributed by atoms with van der Waals surface area (Å²) in [6.07, 6.45) is 0.741. The summed E-state index contributed by atoms with van der Waals surface area (Å²) in [5.41, 5.74) is 1.09. The van der Waals surface area contributed by atoms with Gasteiger partial charge in [-0.1, -0.05) is 35.0 Å². The highest BCUT2D eigenvalue weighted by Crippen LogP contribution is 2.35. The summed E-state index contributed by atoms with van der Waals surface area (Å²) < 4.78 is 39.3. The molecular weight excluding hydrogens is 562 g/mol. The number of nitrogens with zero attached hydrogens (tertiary/aromatic N) is 2. The van der Waals surface area contributed by atoms with Crippen LogP contribution in [0.2, 0.25) is 0 Å². The van der Waals surface area contributed by atoms with Crippen LogP contribution in [0.25, 0.3) is 0 Å². The Balaban J connectivity index is 1.94. The molecule has 0 bridgehead atoms. The van der Waals surface area contributed by atoms with Crippen molar-refractivity contribution in [3.63, 3.8) is 0 Å². The fourth-order valence-electron chi connectivity index (χ4n) is 3.79. The molecule has 9 nitrogen and oxygen atoms in total. The van der Waals surface area contributed by atoms with E-state index < -0.39 is 28.5 Å². The number of benzene rings is 2. The molecule has 2 unspecified atom stereocenters. The second-order valence-corrected chi connectivity index (χ2v) is 12.0. The highest BCUT2D eigenvalue weighted by molar-refractivity contribution is 9.10. The third-order valence-corrected chi connectivity index (χ3v) is 8.44. The third kappa shape index (κ3) is 7.38. The maximum Gasteiger partial charge on any atom is 0.244 e. The third-order valence-electron chi connectivity index (χ3n) is 6.20. The lowest BCUT2D eigenvalue weighted by Gasteiger charge is -2.32. The number of halogens is 1. The monoisotopic (exact) mass is 595 g/mol.